The molecule has 4 rings (SSSR count). The second kappa shape index (κ2) is 7.64. The van der Waals surface area contributed by atoms with E-state index < -0.39 is 17.6 Å². The van der Waals surface area contributed by atoms with Crippen molar-refractivity contribution in [3.8, 4) is 6.07 Å². The van der Waals surface area contributed by atoms with Crippen LogP contribution < -0.4 is 5.73 Å². The van der Waals surface area contributed by atoms with E-state index in [2.05, 4.69) is 6.07 Å². The number of carbonyl (C=O) groups is 2. The van der Waals surface area contributed by atoms with Gasteiger partial charge in [0.05, 0.1) is 23.7 Å². The fourth-order valence-electron chi connectivity index (χ4n) is 5.30. The molecule has 3 aliphatic heterocycles. The van der Waals surface area contributed by atoms with Crippen molar-refractivity contribution in [2.75, 3.05) is 19.6 Å². The summed E-state index contributed by atoms with van der Waals surface area (Å²) in [6, 6.07) is 7.05. The van der Waals surface area contributed by atoms with Gasteiger partial charge in [-0.2, -0.15) is 5.26 Å². The van der Waals surface area contributed by atoms with Crippen molar-refractivity contribution in [3.63, 3.8) is 0 Å². The third kappa shape index (κ3) is 3.36. The number of amides is 2. The van der Waals surface area contributed by atoms with E-state index in [4.69, 9.17) is 5.73 Å². The topological polar surface area (TPSA) is 93.7 Å². The lowest BCUT2D eigenvalue weighted by Gasteiger charge is -2.44. The van der Waals surface area contributed by atoms with Gasteiger partial charge in [0, 0.05) is 25.7 Å². The average molecular weight is 413 g/mol. The first-order valence-electron chi connectivity index (χ1n) is 10.5. The summed E-state index contributed by atoms with van der Waals surface area (Å²) in [7, 11) is 0. The van der Waals surface area contributed by atoms with E-state index >= 15 is 0 Å². The van der Waals surface area contributed by atoms with Gasteiger partial charge in [0.15, 0.2) is 0 Å². The second-order valence-electron chi connectivity index (χ2n) is 9.06. The number of rotatable bonds is 5. The molecule has 0 unspecified atom stereocenters. The lowest BCUT2D eigenvalue weighted by atomic mass is 9.91. The van der Waals surface area contributed by atoms with Crippen LogP contribution >= 0.6 is 0 Å². The molecule has 1 aromatic carbocycles. The van der Waals surface area contributed by atoms with Crippen LogP contribution in [0.25, 0.3) is 0 Å². The van der Waals surface area contributed by atoms with E-state index in [-0.39, 0.29) is 29.7 Å². The normalized spacial score (nSPS) is 27.6. The van der Waals surface area contributed by atoms with Crippen LogP contribution in [0.3, 0.4) is 0 Å². The number of likely N-dealkylation sites (tertiary alicyclic amines) is 3. The van der Waals surface area contributed by atoms with Crippen LogP contribution in [0.1, 0.15) is 38.7 Å². The summed E-state index contributed by atoms with van der Waals surface area (Å²) < 4.78 is 13.3. The van der Waals surface area contributed by atoms with Gasteiger partial charge in [-0.3, -0.25) is 14.5 Å². The first-order valence-corrected chi connectivity index (χ1v) is 10.5. The number of fused-ring (bicyclic) bond motifs is 2. The van der Waals surface area contributed by atoms with E-state index in [9.17, 15) is 19.2 Å². The highest BCUT2D eigenvalue weighted by Crippen LogP contribution is 2.41. The maximum absolute atomic E-state index is 13.3. The Hall–Kier alpha value is -2.50. The molecule has 8 heteroatoms. The van der Waals surface area contributed by atoms with Gasteiger partial charge in [0.2, 0.25) is 11.8 Å². The van der Waals surface area contributed by atoms with Crippen LogP contribution in [-0.2, 0) is 15.1 Å². The Morgan fingerprint density at radius 2 is 2.07 bits per heavy atom. The Morgan fingerprint density at radius 3 is 2.70 bits per heavy atom. The van der Waals surface area contributed by atoms with E-state index in [0.717, 1.165) is 12.0 Å². The van der Waals surface area contributed by atoms with Gasteiger partial charge in [0.25, 0.3) is 0 Å². The van der Waals surface area contributed by atoms with Crippen molar-refractivity contribution in [2.24, 2.45) is 5.73 Å². The molecular weight excluding hydrogens is 385 g/mol. The predicted molar refractivity (Wildman–Crippen MR) is 108 cm³/mol. The molecule has 2 amide bonds. The number of nitrogens with two attached hydrogens (primary N) is 1. The van der Waals surface area contributed by atoms with E-state index in [1.54, 1.807) is 17.0 Å². The van der Waals surface area contributed by atoms with Gasteiger partial charge in [-0.05, 0) is 50.8 Å². The molecule has 4 atom stereocenters. The fourth-order valence-corrected chi connectivity index (χ4v) is 5.30. The molecule has 2 N–H and O–H groups in total. The minimum Gasteiger partial charge on any atom is -0.328 e. The van der Waals surface area contributed by atoms with Crippen molar-refractivity contribution < 1.29 is 14.0 Å². The molecule has 7 nitrogen and oxygen atoms in total. The largest absolute Gasteiger partial charge is 0.328 e. The molecule has 3 fully saturated rings. The summed E-state index contributed by atoms with van der Waals surface area (Å²) in [6.45, 7) is 5.49. The Bertz CT molecular complexity index is 881. The van der Waals surface area contributed by atoms with Crippen molar-refractivity contribution in [1.29, 1.82) is 5.26 Å². The molecule has 3 aliphatic rings. The summed E-state index contributed by atoms with van der Waals surface area (Å²) in [4.78, 5) is 31.4. The van der Waals surface area contributed by atoms with Crippen molar-refractivity contribution in [2.45, 2.75) is 62.8 Å². The third-order valence-corrected chi connectivity index (χ3v) is 6.86. The number of halogens is 1. The molecule has 2 bridgehead atoms. The van der Waals surface area contributed by atoms with Gasteiger partial charge in [-0.25, -0.2) is 4.39 Å². The van der Waals surface area contributed by atoms with Gasteiger partial charge in [0.1, 0.15) is 11.9 Å². The molecule has 0 radical (unpaired) electrons. The molecule has 30 heavy (non-hydrogen) atoms. The minimum atomic E-state index is -0.746. The van der Waals surface area contributed by atoms with Crippen LogP contribution in [0.5, 0.6) is 0 Å². The Morgan fingerprint density at radius 1 is 1.37 bits per heavy atom. The minimum absolute atomic E-state index is 0.0243. The van der Waals surface area contributed by atoms with Crippen LogP contribution in [0.15, 0.2) is 24.3 Å². The first-order chi connectivity index (χ1) is 14.2. The van der Waals surface area contributed by atoms with E-state index in [1.165, 1.54) is 12.1 Å². The number of nitrogens with zero attached hydrogens (tertiary/aromatic N) is 4. The maximum Gasteiger partial charge on any atom is 0.241 e. The van der Waals surface area contributed by atoms with Gasteiger partial charge in [-0.15, -0.1) is 0 Å². The van der Waals surface area contributed by atoms with Crippen LogP contribution in [0, 0.1) is 17.1 Å². The van der Waals surface area contributed by atoms with Gasteiger partial charge < -0.3 is 15.5 Å². The number of nitriles is 1. The number of hydrogen-bond donors (Lipinski definition) is 1. The maximum atomic E-state index is 13.3. The smallest absolute Gasteiger partial charge is 0.241 e. The SMILES string of the molecule is CC(C)(c1ccc(F)cc1)N1C(=O)[C@H]2C[C@@H]1CN2C[C@H](N)C(=O)N1CCC[C@H]1C#N. The van der Waals surface area contributed by atoms with Crippen molar-refractivity contribution >= 4 is 11.8 Å². The highest BCUT2D eigenvalue weighted by molar-refractivity contribution is 5.87. The number of hydrogen-bond acceptors (Lipinski definition) is 5. The Balaban J connectivity index is 1.43. The summed E-state index contributed by atoms with van der Waals surface area (Å²) in [5.74, 6) is -0.487. The standard InChI is InChI=1S/C22H28FN5O2/c1-22(2,14-5-7-15(23)8-6-14)28-17-10-19(21(28)30)26(12-17)13-18(25)20(29)27-9-3-4-16(27)11-24/h5-8,16-19H,3-4,9-10,12-13,25H2,1-2H3/t16-,17+,18-,19+/m0/s1. The molecular formula is C22H28FN5O2. The molecule has 3 saturated heterocycles. The van der Waals surface area contributed by atoms with Crippen LogP contribution in [-0.4, -0.2) is 70.3 Å². The molecule has 0 saturated carbocycles. The highest BCUT2D eigenvalue weighted by Gasteiger charge is 2.54. The summed E-state index contributed by atoms with van der Waals surface area (Å²) in [5.41, 5.74) is 6.53. The number of piperazine rings is 1. The zero-order valence-electron chi connectivity index (χ0n) is 17.4. The first kappa shape index (κ1) is 20.8. The monoisotopic (exact) mass is 413 g/mol. The molecule has 0 spiro atoms. The molecule has 160 valence electrons. The highest BCUT2D eigenvalue weighted by atomic mass is 19.1. The Labute approximate surface area is 176 Å². The molecule has 3 heterocycles. The van der Waals surface area contributed by atoms with E-state index in [0.29, 0.717) is 32.5 Å². The quantitative estimate of drug-likeness (QED) is 0.783. The molecule has 0 aliphatic carbocycles. The summed E-state index contributed by atoms with van der Waals surface area (Å²) >= 11 is 0. The van der Waals surface area contributed by atoms with Gasteiger partial charge >= 0.3 is 0 Å². The lowest BCUT2D eigenvalue weighted by molar-refractivity contribution is -0.144. The van der Waals surface area contributed by atoms with E-state index in [1.807, 2.05) is 23.6 Å². The molecule has 0 aromatic heterocycles. The lowest BCUT2D eigenvalue weighted by Crippen LogP contribution is -2.59. The second-order valence-corrected chi connectivity index (χ2v) is 9.06. The number of carbonyl (C=O) groups excluding carboxylic acids is 2. The van der Waals surface area contributed by atoms with Crippen molar-refractivity contribution in [1.82, 2.24) is 14.7 Å². The van der Waals surface area contributed by atoms with Gasteiger partial charge in [-0.1, -0.05) is 12.1 Å². The third-order valence-electron chi connectivity index (χ3n) is 6.86. The number of benzene rings is 1. The van der Waals surface area contributed by atoms with Crippen LogP contribution in [0.2, 0.25) is 0 Å². The zero-order chi connectivity index (χ0) is 21.6. The predicted octanol–water partition coefficient (Wildman–Crippen LogP) is 1.19. The summed E-state index contributed by atoms with van der Waals surface area (Å²) in [6.07, 6.45) is 2.21. The fraction of sp³-hybridized carbons (Fsp3) is 0.591. The van der Waals surface area contributed by atoms with Crippen molar-refractivity contribution in [3.05, 3.63) is 35.6 Å². The zero-order valence-corrected chi connectivity index (χ0v) is 17.4. The molecule has 1 aromatic rings. The average Bonchev–Trinajstić information content (AvgIpc) is 3.41. The van der Waals surface area contributed by atoms with Crippen LogP contribution in [0.4, 0.5) is 4.39 Å². The Kier molecular flexibility index (Phi) is 5.28. The summed E-state index contributed by atoms with van der Waals surface area (Å²) in [5, 5.41) is 9.22.